The van der Waals surface area contributed by atoms with Gasteiger partial charge in [0.25, 0.3) is 0 Å². The maximum Gasteiger partial charge on any atom is 0.151 e. The first-order valence-corrected chi connectivity index (χ1v) is 12.6. The van der Waals surface area contributed by atoms with E-state index < -0.39 is 0 Å². The van der Waals surface area contributed by atoms with Crippen LogP contribution in [-0.2, 0) is 6.61 Å². The number of nitrogens with zero attached hydrogens (tertiary/aromatic N) is 4. The Hall–Kier alpha value is -3.51. The van der Waals surface area contributed by atoms with Gasteiger partial charge in [-0.25, -0.2) is 0 Å². The third-order valence-electron chi connectivity index (χ3n) is 6.99. The van der Waals surface area contributed by atoms with Gasteiger partial charge >= 0.3 is 0 Å². The van der Waals surface area contributed by atoms with E-state index in [9.17, 15) is 0 Å². The first-order valence-electron chi connectivity index (χ1n) is 12.6. The highest BCUT2D eigenvalue weighted by Gasteiger charge is 2.39. The van der Waals surface area contributed by atoms with E-state index in [2.05, 4.69) is 103 Å². The molecule has 0 unspecified atom stereocenters. The van der Waals surface area contributed by atoms with Crippen LogP contribution in [-0.4, -0.2) is 39.3 Å². The second-order valence-corrected chi connectivity index (χ2v) is 11.2. The quantitative estimate of drug-likeness (QED) is 0.364. The summed E-state index contributed by atoms with van der Waals surface area (Å²) < 4.78 is 6.14. The lowest BCUT2D eigenvalue weighted by molar-refractivity contribution is 0.160. The number of fused-ring (bicyclic) bond motifs is 1. The van der Waals surface area contributed by atoms with E-state index in [0.717, 1.165) is 52.0 Å². The van der Waals surface area contributed by atoms with Crippen LogP contribution in [0.1, 0.15) is 46.1 Å². The molecule has 0 bridgehead atoms. The maximum absolute atomic E-state index is 6.14. The monoisotopic (exact) mass is 481 g/mol. The van der Waals surface area contributed by atoms with Gasteiger partial charge in [0.15, 0.2) is 5.82 Å². The van der Waals surface area contributed by atoms with Gasteiger partial charge in [0.1, 0.15) is 12.4 Å². The summed E-state index contributed by atoms with van der Waals surface area (Å²) in [6.07, 6.45) is 5.75. The fourth-order valence-electron chi connectivity index (χ4n) is 5.54. The molecule has 0 radical (unpaired) electrons. The number of hydrogen-bond donors (Lipinski definition) is 1. The van der Waals surface area contributed by atoms with E-state index in [0.29, 0.717) is 12.6 Å². The lowest BCUT2D eigenvalue weighted by atomic mass is 9.79. The van der Waals surface area contributed by atoms with Crippen molar-refractivity contribution in [3.8, 4) is 17.0 Å². The summed E-state index contributed by atoms with van der Waals surface area (Å²) in [5, 5.41) is 15.0. The van der Waals surface area contributed by atoms with Crippen LogP contribution in [0, 0.1) is 0 Å². The zero-order chi connectivity index (χ0) is 25.3. The summed E-state index contributed by atoms with van der Waals surface area (Å²) >= 11 is 0. The van der Waals surface area contributed by atoms with Gasteiger partial charge in [0.05, 0.1) is 11.9 Å². The standard InChI is InChI=1S/C30H35N5O/c1-29(2)16-24(17-30(3,4)34-29)35(5)28-14-13-26(32-33-28)22-11-12-23-18-31-19-27(25(23)15-22)36-20-21-9-7-6-8-10-21/h6-15,18-19,24,34H,16-17,20H2,1-5H3. The molecule has 4 aromatic rings. The van der Waals surface area contributed by atoms with Crippen molar-refractivity contribution in [1.82, 2.24) is 20.5 Å². The van der Waals surface area contributed by atoms with Gasteiger partial charge in [-0.15, -0.1) is 10.2 Å². The van der Waals surface area contributed by atoms with Crippen molar-refractivity contribution >= 4 is 16.6 Å². The molecule has 1 aliphatic rings. The van der Waals surface area contributed by atoms with Crippen LogP contribution in [0.4, 0.5) is 5.82 Å². The maximum atomic E-state index is 6.14. The second-order valence-electron chi connectivity index (χ2n) is 11.2. The topological polar surface area (TPSA) is 63.2 Å². The molecule has 0 spiro atoms. The van der Waals surface area contributed by atoms with Crippen molar-refractivity contribution in [2.45, 2.75) is 64.3 Å². The summed E-state index contributed by atoms with van der Waals surface area (Å²) in [7, 11) is 2.13. The third-order valence-corrected chi connectivity index (χ3v) is 6.99. The van der Waals surface area contributed by atoms with Gasteiger partial charge in [0, 0.05) is 46.7 Å². The molecule has 2 aromatic heterocycles. The molecule has 6 heteroatoms. The Labute approximate surface area is 213 Å². The van der Waals surface area contributed by atoms with Crippen molar-refractivity contribution in [2.75, 3.05) is 11.9 Å². The van der Waals surface area contributed by atoms with E-state index in [1.807, 2.05) is 24.4 Å². The van der Waals surface area contributed by atoms with Gasteiger partial charge in [-0.2, -0.15) is 0 Å². The molecule has 2 aromatic carbocycles. The highest BCUT2D eigenvalue weighted by molar-refractivity contribution is 5.90. The molecular formula is C30H35N5O. The normalized spacial score (nSPS) is 17.1. The van der Waals surface area contributed by atoms with Gasteiger partial charge in [0.2, 0.25) is 0 Å². The Kier molecular flexibility index (Phi) is 6.39. The van der Waals surface area contributed by atoms with E-state index in [4.69, 9.17) is 4.74 Å². The SMILES string of the molecule is CN(c1ccc(-c2ccc3cncc(OCc4ccccc4)c3c2)nn1)C1CC(C)(C)NC(C)(C)C1. The molecule has 186 valence electrons. The summed E-state index contributed by atoms with van der Waals surface area (Å²) in [5.41, 5.74) is 3.12. The van der Waals surface area contributed by atoms with Gasteiger partial charge in [-0.1, -0.05) is 42.5 Å². The van der Waals surface area contributed by atoms with Crippen molar-refractivity contribution in [3.05, 3.63) is 78.6 Å². The minimum atomic E-state index is 0.0777. The number of piperidine rings is 1. The van der Waals surface area contributed by atoms with Crippen LogP contribution >= 0.6 is 0 Å². The minimum absolute atomic E-state index is 0.0777. The van der Waals surface area contributed by atoms with Gasteiger partial charge in [-0.3, -0.25) is 4.98 Å². The molecule has 1 aliphatic heterocycles. The molecule has 6 nitrogen and oxygen atoms in total. The van der Waals surface area contributed by atoms with E-state index in [-0.39, 0.29) is 11.1 Å². The van der Waals surface area contributed by atoms with Gasteiger partial charge < -0.3 is 15.0 Å². The van der Waals surface area contributed by atoms with Crippen LogP contribution in [0.25, 0.3) is 22.0 Å². The summed E-state index contributed by atoms with van der Waals surface area (Å²) in [4.78, 5) is 6.64. The number of aromatic nitrogens is 3. The molecule has 3 heterocycles. The molecular weight excluding hydrogens is 446 g/mol. The number of ether oxygens (including phenoxy) is 1. The largest absolute Gasteiger partial charge is 0.487 e. The van der Waals surface area contributed by atoms with Crippen LogP contribution in [0.2, 0.25) is 0 Å². The zero-order valence-corrected chi connectivity index (χ0v) is 21.8. The molecule has 0 aliphatic carbocycles. The Morgan fingerprint density at radius 3 is 2.36 bits per heavy atom. The summed E-state index contributed by atoms with van der Waals surface area (Å²) in [5.74, 6) is 1.66. The Balaban J connectivity index is 1.37. The minimum Gasteiger partial charge on any atom is -0.487 e. The first kappa shape index (κ1) is 24.2. The molecule has 1 saturated heterocycles. The van der Waals surface area contributed by atoms with Crippen molar-refractivity contribution in [3.63, 3.8) is 0 Å². The highest BCUT2D eigenvalue weighted by atomic mass is 16.5. The Morgan fingerprint density at radius 1 is 0.917 bits per heavy atom. The van der Waals surface area contributed by atoms with Crippen LogP contribution in [0.15, 0.2) is 73.1 Å². The smallest absolute Gasteiger partial charge is 0.151 e. The van der Waals surface area contributed by atoms with Crippen LogP contribution in [0.3, 0.4) is 0 Å². The Morgan fingerprint density at radius 2 is 1.67 bits per heavy atom. The lowest BCUT2D eigenvalue weighted by Gasteiger charge is -2.49. The summed E-state index contributed by atoms with van der Waals surface area (Å²) in [6.45, 7) is 9.59. The molecule has 36 heavy (non-hydrogen) atoms. The number of pyridine rings is 1. The van der Waals surface area contributed by atoms with Gasteiger partial charge in [-0.05, 0) is 64.3 Å². The third kappa shape index (κ3) is 5.34. The zero-order valence-electron chi connectivity index (χ0n) is 21.8. The number of rotatable bonds is 6. The predicted molar refractivity (Wildman–Crippen MR) is 146 cm³/mol. The molecule has 0 amide bonds. The summed E-state index contributed by atoms with van der Waals surface area (Å²) in [6, 6.07) is 20.9. The lowest BCUT2D eigenvalue weighted by Crippen LogP contribution is -2.62. The van der Waals surface area contributed by atoms with Crippen LogP contribution in [0.5, 0.6) is 5.75 Å². The molecule has 5 rings (SSSR count). The van der Waals surface area contributed by atoms with E-state index in [1.54, 1.807) is 6.20 Å². The molecule has 0 saturated carbocycles. The molecule has 0 atom stereocenters. The van der Waals surface area contributed by atoms with E-state index in [1.165, 1.54) is 0 Å². The van der Waals surface area contributed by atoms with Crippen molar-refractivity contribution in [2.24, 2.45) is 0 Å². The number of benzene rings is 2. The predicted octanol–water partition coefficient (Wildman–Crippen LogP) is 6.02. The fourth-order valence-corrected chi connectivity index (χ4v) is 5.54. The molecule has 1 N–H and O–H groups in total. The van der Waals surface area contributed by atoms with E-state index >= 15 is 0 Å². The number of hydrogen-bond acceptors (Lipinski definition) is 6. The number of nitrogens with one attached hydrogen (secondary N) is 1. The average Bonchev–Trinajstić information content (AvgIpc) is 2.85. The molecule has 1 fully saturated rings. The fraction of sp³-hybridized carbons (Fsp3) is 0.367. The Bertz CT molecular complexity index is 1320. The highest BCUT2D eigenvalue weighted by Crippen LogP contribution is 2.33. The van der Waals surface area contributed by atoms with Crippen molar-refractivity contribution < 1.29 is 4.74 Å². The first-order chi connectivity index (χ1) is 17.2. The van der Waals surface area contributed by atoms with Crippen molar-refractivity contribution in [1.29, 1.82) is 0 Å². The average molecular weight is 482 g/mol. The number of anilines is 1. The van der Waals surface area contributed by atoms with Crippen LogP contribution < -0.4 is 15.0 Å². The second kappa shape index (κ2) is 9.51.